The highest BCUT2D eigenvalue weighted by atomic mass is 35.5. The molecule has 8 heteroatoms. The first-order chi connectivity index (χ1) is 14.5. The number of nitrogens with zero attached hydrogens (tertiary/aromatic N) is 3. The number of halogens is 1. The normalized spacial score (nSPS) is 11.7. The van der Waals surface area contributed by atoms with Gasteiger partial charge in [0.15, 0.2) is 11.0 Å². The van der Waals surface area contributed by atoms with Gasteiger partial charge in [-0.1, -0.05) is 60.3 Å². The zero-order valence-corrected chi connectivity index (χ0v) is 18.4. The molecule has 1 aromatic heterocycles. The van der Waals surface area contributed by atoms with Crippen molar-refractivity contribution < 1.29 is 9.53 Å². The van der Waals surface area contributed by atoms with Gasteiger partial charge in [-0.15, -0.1) is 10.2 Å². The Labute approximate surface area is 185 Å². The van der Waals surface area contributed by atoms with Crippen molar-refractivity contribution in [3.05, 3.63) is 83.2 Å². The Bertz CT molecular complexity index is 1010. The minimum atomic E-state index is -0.354. The van der Waals surface area contributed by atoms with Crippen LogP contribution in [0.2, 0.25) is 0 Å². The number of carbonyl (C=O) groups is 1. The fourth-order valence-corrected chi connectivity index (χ4v) is 3.77. The van der Waals surface area contributed by atoms with Crippen molar-refractivity contribution in [1.29, 1.82) is 0 Å². The second kappa shape index (κ2) is 10.3. The Hall–Kier alpha value is -2.77. The predicted molar refractivity (Wildman–Crippen MR) is 120 cm³/mol. The number of nitrogens with one attached hydrogen (secondary N) is 1. The number of hydrogen-bond donors (Lipinski definition) is 1. The summed E-state index contributed by atoms with van der Waals surface area (Å²) in [7, 11) is 3.47. The third-order valence-electron chi connectivity index (χ3n) is 4.48. The molecule has 6 nitrogen and oxygen atoms in total. The van der Waals surface area contributed by atoms with Crippen LogP contribution < -0.4 is 10.1 Å². The summed E-state index contributed by atoms with van der Waals surface area (Å²) >= 11 is 7.33. The van der Waals surface area contributed by atoms with Crippen molar-refractivity contribution in [2.24, 2.45) is 7.05 Å². The molecule has 2 aromatic carbocycles. The summed E-state index contributed by atoms with van der Waals surface area (Å²) in [5, 5.41) is 13.0. The molecule has 156 valence electrons. The molecule has 30 heavy (non-hydrogen) atoms. The Balaban J connectivity index is 1.85. The second-order valence-electron chi connectivity index (χ2n) is 6.65. The molecule has 0 saturated carbocycles. The lowest BCUT2D eigenvalue weighted by Crippen LogP contribution is -2.31. The minimum absolute atomic E-state index is 0.190. The van der Waals surface area contributed by atoms with Gasteiger partial charge in [-0.05, 0) is 36.2 Å². The van der Waals surface area contributed by atoms with E-state index in [1.54, 1.807) is 31.4 Å². The number of methoxy groups -OCH3 is 1. The maximum Gasteiger partial charge on any atom is 0.251 e. The summed E-state index contributed by atoms with van der Waals surface area (Å²) < 4.78 is 7.05. The van der Waals surface area contributed by atoms with Crippen LogP contribution in [-0.4, -0.2) is 33.5 Å². The van der Waals surface area contributed by atoms with E-state index in [0.29, 0.717) is 39.5 Å². The van der Waals surface area contributed by atoms with Gasteiger partial charge in [0.05, 0.1) is 13.2 Å². The SMILES string of the molecule is C=C(Cl)CSc1nnc(C(Cc2ccccc2)NC(=O)c2ccc(OC)cc2)n1C. The molecule has 3 aromatic rings. The van der Waals surface area contributed by atoms with Crippen LogP contribution in [0.1, 0.15) is 27.8 Å². The Kier molecular flexibility index (Phi) is 7.54. The summed E-state index contributed by atoms with van der Waals surface area (Å²) in [6.07, 6.45) is 0.585. The predicted octanol–water partition coefficient (Wildman–Crippen LogP) is 4.38. The Morgan fingerprint density at radius 3 is 2.53 bits per heavy atom. The van der Waals surface area contributed by atoms with E-state index in [1.165, 1.54) is 11.8 Å². The Morgan fingerprint density at radius 2 is 1.90 bits per heavy atom. The smallest absolute Gasteiger partial charge is 0.251 e. The number of benzene rings is 2. The highest BCUT2D eigenvalue weighted by Crippen LogP contribution is 2.24. The summed E-state index contributed by atoms with van der Waals surface area (Å²) in [5.41, 5.74) is 1.63. The zero-order chi connectivity index (χ0) is 21.5. The molecule has 1 amide bonds. The number of hydrogen-bond acceptors (Lipinski definition) is 5. The molecule has 1 unspecified atom stereocenters. The van der Waals surface area contributed by atoms with Crippen LogP contribution in [0.4, 0.5) is 0 Å². The van der Waals surface area contributed by atoms with Crippen LogP contribution in [0.25, 0.3) is 0 Å². The molecule has 0 aliphatic carbocycles. The summed E-state index contributed by atoms with van der Waals surface area (Å²) in [6.45, 7) is 3.70. The third kappa shape index (κ3) is 5.64. The molecule has 1 heterocycles. The minimum Gasteiger partial charge on any atom is -0.497 e. The molecule has 0 aliphatic heterocycles. The molecule has 1 N–H and O–H groups in total. The van der Waals surface area contributed by atoms with E-state index in [-0.39, 0.29) is 11.9 Å². The number of aromatic nitrogens is 3. The molecule has 0 radical (unpaired) electrons. The second-order valence-corrected chi connectivity index (χ2v) is 8.13. The van der Waals surface area contributed by atoms with E-state index in [4.69, 9.17) is 16.3 Å². The van der Waals surface area contributed by atoms with Crippen molar-refractivity contribution in [2.45, 2.75) is 17.6 Å². The average molecular weight is 443 g/mol. The van der Waals surface area contributed by atoms with Crippen LogP contribution in [-0.2, 0) is 13.5 Å². The highest BCUT2D eigenvalue weighted by molar-refractivity contribution is 7.99. The van der Waals surface area contributed by atoms with E-state index >= 15 is 0 Å². The fourth-order valence-electron chi connectivity index (χ4n) is 2.94. The molecule has 0 aliphatic rings. The number of thioether (sulfide) groups is 1. The number of carbonyl (C=O) groups excluding carboxylic acids is 1. The average Bonchev–Trinajstić information content (AvgIpc) is 3.12. The maximum absolute atomic E-state index is 12.9. The standard InChI is InChI=1S/C22H23ClN4O2S/c1-15(23)14-30-22-26-25-20(27(22)2)19(13-16-7-5-4-6-8-16)24-21(28)17-9-11-18(29-3)12-10-17/h4-12,19H,1,13-14H2,2-3H3,(H,24,28). The lowest BCUT2D eigenvalue weighted by atomic mass is 10.0. The van der Waals surface area contributed by atoms with Crippen molar-refractivity contribution in [3.8, 4) is 5.75 Å². The van der Waals surface area contributed by atoms with Crippen molar-refractivity contribution >= 4 is 29.3 Å². The maximum atomic E-state index is 12.9. The van der Waals surface area contributed by atoms with Gasteiger partial charge in [0.2, 0.25) is 0 Å². The van der Waals surface area contributed by atoms with Crippen LogP contribution in [0, 0.1) is 0 Å². The lowest BCUT2D eigenvalue weighted by Gasteiger charge is -2.19. The summed E-state index contributed by atoms with van der Waals surface area (Å²) in [5.74, 6) is 1.71. The molecule has 0 spiro atoms. The van der Waals surface area contributed by atoms with Crippen molar-refractivity contribution in [2.75, 3.05) is 12.9 Å². The van der Waals surface area contributed by atoms with Gasteiger partial charge in [0.25, 0.3) is 5.91 Å². The van der Waals surface area contributed by atoms with Crippen LogP contribution in [0.3, 0.4) is 0 Å². The highest BCUT2D eigenvalue weighted by Gasteiger charge is 2.23. The molecule has 3 rings (SSSR count). The summed E-state index contributed by atoms with van der Waals surface area (Å²) in [6, 6.07) is 16.6. The van der Waals surface area contributed by atoms with Crippen molar-refractivity contribution in [3.63, 3.8) is 0 Å². The van der Waals surface area contributed by atoms with Crippen molar-refractivity contribution in [1.82, 2.24) is 20.1 Å². The van der Waals surface area contributed by atoms with E-state index in [0.717, 1.165) is 5.56 Å². The zero-order valence-electron chi connectivity index (χ0n) is 16.8. The monoisotopic (exact) mass is 442 g/mol. The molecular formula is C22H23ClN4O2S. The number of amides is 1. The fraction of sp³-hybridized carbons (Fsp3) is 0.227. The first kappa shape index (κ1) is 21.9. The van der Waals surface area contributed by atoms with Gasteiger partial charge >= 0.3 is 0 Å². The summed E-state index contributed by atoms with van der Waals surface area (Å²) in [4.78, 5) is 12.9. The first-order valence-corrected chi connectivity index (χ1v) is 10.7. The van der Waals surface area contributed by atoms with E-state index in [1.807, 2.05) is 41.9 Å². The van der Waals surface area contributed by atoms with Gasteiger partial charge in [0.1, 0.15) is 5.75 Å². The molecule has 0 bridgehead atoms. The van der Waals surface area contributed by atoms with Crippen LogP contribution in [0.15, 0.2) is 71.4 Å². The largest absolute Gasteiger partial charge is 0.497 e. The third-order valence-corrected chi connectivity index (χ3v) is 5.88. The van der Waals surface area contributed by atoms with Crippen LogP contribution >= 0.6 is 23.4 Å². The van der Waals surface area contributed by atoms with Gasteiger partial charge in [0, 0.05) is 23.4 Å². The molecule has 1 atom stereocenters. The number of rotatable bonds is 9. The van der Waals surface area contributed by atoms with E-state index in [2.05, 4.69) is 22.1 Å². The quantitative estimate of drug-likeness (QED) is 0.498. The topological polar surface area (TPSA) is 69.0 Å². The lowest BCUT2D eigenvalue weighted by molar-refractivity contribution is 0.0934. The van der Waals surface area contributed by atoms with E-state index < -0.39 is 0 Å². The molecule has 0 saturated heterocycles. The van der Waals surface area contributed by atoms with E-state index in [9.17, 15) is 4.79 Å². The Morgan fingerprint density at radius 1 is 1.20 bits per heavy atom. The van der Waals surface area contributed by atoms with Gasteiger partial charge in [-0.3, -0.25) is 4.79 Å². The van der Waals surface area contributed by atoms with Crippen LogP contribution in [0.5, 0.6) is 5.75 Å². The van der Waals surface area contributed by atoms with Gasteiger partial charge < -0.3 is 14.6 Å². The first-order valence-electron chi connectivity index (χ1n) is 9.32. The molecular weight excluding hydrogens is 420 g/mol. The number of ether oxygens (including phenoxy) is 1. The van der Waals surface area contributed by atoms with Gasteiger partial charge in [-0.25, -0.2) is 0 Å². The van der Waals surface area contributed by atoms with Gasteiger partial charge in [-0.2, -0.15) is 0 Å². The molecule has 0 fully saturated rings.